The van der Waals surface area contributed by atoms with Gasteiger partial charge in [-0.15, -0.1) is 6.42 Å². The van der Waals surface area contributed by atoms with Crippen LogP contribution in [-0.2, 0) is 13.0 Å². The summed E-state index contributed by atoms with van der Waals surface area (Å²) in [5.41, 5.74) is 3.51. The third-order valence-electron chi connectivity index (χ3n) is 4.23. The van der Waals surface area contributed by atoms with E-state index in [1.807, 2.05) is 31.2 Å². The zero-order valence-electron chi connectivity index (χ0n) is 15.7. The molecular weight excluding hydrogens is 322 g/mol. The van der Waals surface area contributed by atoms with E-state index in [9.17, 15) is 4.79 Å². The molecule has 1 heterocycles. The molecule has 0 aliphatic carbocycles. The SMILES string of the molecule is C#CCNC(=C)Cn1c(CCCCC)nc(-c2ccc(C)cc2)cc1=O. The number of allylic oxidation sites excluding steroid dienone is 1. The van der Waals surface area contributed by atoms with Crippen LogP contribution < -0.4 is 10.9 Å². The number of nitrogens with one attached hydrogen (secondary N) is 1. The molecule has 2 aromatic rings. The van der Waals surface area contributed by atoms with E-state index in [2.05, 4.69) is 24.7 Å². The van der Waals surface area contributed by atoms with Crippen LogP contribution in [0.3, 0.4) is 0 Å². The van der Waals surface area contributed by atoms with Gasteiger partial charge >= 0.3 is 0 Å². The lowest BCUT2D eigenvalue weighted by atomic mass is 10.1. The Morgan fingerprint density at radius 1 is 1.31 bits per heavy atom. The van der Waals surface area contributed by atoms with Crippen molar-refractivity contribution in [3.05, 3.63) is 64.3 Å². The van der Waals surface area contributed by atoms with Gasteiger partial charge in [0.15, 0.2) is 0 Å². The number of aryl methyl sites for hydroxylation is 2. The fraction of sp³-hybridized carbons (Fsp3) is 0.364. The van der Waals surface area contributed by atoms with Gasteiger partial charge in [-0.25, -0.2) is 4.98 Å². The molecule has 0 saturated heterocycles. The first-order chi connectivity index (χ1) is 12.5. The average Bonchev–Trinajstić information content (AvgIpc) is 2.63. The van der Waals surface area contributed by atoms with Crippen LogP contribution in [0.15, 0.2) is 47.4 Å². The number of hydrogen-bond donors (Lipinski definition) is 1. The van der Waals surface area contributed by atoms with Crippen molar-refractivity contribution in [2.45, 2.75) is 46.1 Å². The molecule has 0 aliphatic rings. The Balaban J connectivity index is 2.36. The van der Waals surface area contributed by atoms with E-state index in [0.29, 0.717) is 18.8 Å². The molecule has 4 nitrogen and oxygen atoms in total. The summed E-state index contributed by atoms with van der Waals surface area (Å²) in [5, 5.41) is 3.04. The summed E-state index contributed by atoms with van der Waals surface area (Å²) in [6, 6.07) is 9.67. The summed E-state index contributed by atoms with van der Waals surface area (Å²) in [6.45, 7) is 8.94. The van der Waals surface area contributed by atoms with Gasteiger partial charge in [-0.1, -0.05) is 62.1 Å². The van der Waals surface area contributed by atoms with Gasteiger partial charge in [0, 0.05) is 23.7 Å². The van der Waals surface area contributed by atoms with Gasteiger partial charge < -0.3 is 5.32 Å². The lowest BCUT2D eigenvalue weighted by Gasteiger charge is -2.15. The predicted molar refractivity (Wildman–Crippen MR) is 108 cm³/mol. The van der Waals surface area contributed by atoms with Crippen LogP contribution in [0.5, 0.6) is 0 Å². The minimum atomic E-state index is -0.0641. The molecule has 0 saturated carbocycles. The molecule has 136 valence electrons. The Morgan fingerprint density at radius 3 is 2.69 bits per heavy atom. The molecule has 0 spiro atoms. The van der Waals surface area contributed by atoms with E-state index in [0.717, 1.165) is 42.8 Å². The van der Waals surface area contributed by atoms with Crippen molar-refractivity contribution in [1.29, 1.82) is 0 Å². The Morgan fingerprint density at radius 2 is 2.04 bits per heavy atom. The number of nitrogens with zero attached hydrogens (tertiary/aromatic N) is 2. The van der Waals surface area contributed by atoms with Crippen LogP contribution in [0, 0.1) is 19.3 Å². The van der Waals surface area contributed by atoms with Gasteiger partial charge in [0.1, 0.15) is 5.82 Å². The molecule has 1 N–H and O–H groups in total. The van der Waals surface area contributed by atoms with E-state index >= 15 is 0 Å². The Kier molecular flexibility index (Phi) is 7.23. The molecule has 0 fully saturated rings. The van der Waals surface area contributed by atoms with E-state index in [1.165, 1.54) is 5.56 Å². The van der Waals surface area contributed by atoms with Crippen molar-refractivity contribution < 1.29 is 0 Å². The normalized spacial score (nSPS) is 10.3. The molecule has 0 radical (unpaired) electrons. The number of unbranched alkanes of at least 4 members (excludes halogenated alkanes) is 2. The number of rotatable bonds is 9. The fourth-order valence-electron chi connectivity index (χ4n) is 2.74. The minimum absolute atomic E-state index is 0.0641. The van der Waals surface area contributed by atoms with Gasteiger partial charge in [0.05, 0.1) is 18.8 Å². The molecule has 26 heavy (non-hydrogen) atoms. The molecular formula is C22H27N3O. The Hall–Kier alpha value is -2.80. The lowest BCUT2D eigenvalue weighted by Crippen LogP contribution is -2.29. The molecule has 0 unspecified atom stereocenters. The molecule has 1 aromatic carbocycles. The number of hydrogen-bond acceptors (Lipinski definition) is 3. The van der Waals surface area contributed by atoms with Gasteiger partial charge in [0.25, 0.3) is 5.56 Å². The molecule has 2 rings (SSSR count). The van der Waals surface area contributed by atoms with Crippen LogP contribution >= 0.6 is 0 Å². The van der Waals surface area contributed by atoms with Gasteiger partial charge in [-0.3, -0.25) is 9.36 Å². The highest BCUT2D eigenvalue weighted by Crippen LogP contribution is 2.17. The summed E-state index contributed by atoms with van der Waals surface area (Å²) in [7, 11) is 0. The van der Waals surface area contributed by atoms with Crippen LogP contribution in [0.25, 0.3) is 11.3 Å². The van der Waals surface area contributed by atoms with Crippen molar-refractivity contribution in [2.75, 3.05) is 6.54 Å². The lowest BCUT2D eigenvalue weighted by molar-refractivity contribution is 0.603. The monoisotopic (exact) mass is 349 g/mol. The van der Waals surface area contributed by atoms with Crippen LogP contribution in [0.2, 0.25) is 0 Å². The van der Waals surface area contributed by atoms with E-state index in [-0.39, 0.29) is 5.56 Å². The van der Waals surface area contributed by atoms with E-state index in [1.54, 1.807) is 10.6 Å². The van der Waals surface area contributed by atoms with Crippen molar-refractivity contribution in [3.8, 4) is 23.6 Å². The largest absolute Gasteiger partial charge is 0.376 e. The predicted octanol–water partition coefficient (Wildman–Crippen LogP) is 3.69. The first-order valence-electron chi connectivity index (χ1n) is 9.08. The summed E-state index contributed by atoms with van der Waals surface area (Å²) < 4.78 is 1.69. The highest BCUT2D eigenvalue weighted by Gasteiger charge is 2.11. The fourth-order valence-corrected chi connectivity index (χ4v) is 2.74. The van der Waals surface area contributed by atoms with Crippen LogP contribution in [0.1, 0.15) is 37.6 Å². The van der Waals surface area contributed by atoms with Crippen molar-refractivity contribution in [3.63, 3.8) is 0 Å². The Bertz CT molecular complexity index is 841. The maximum atomic E-state index is 12.8. The topological polar surface area (TPSA) is 46.9 Å². The first kappa shape index (κ1) is 19.5. The number of aromatic nitrogens is 2. The zero-order valence-corrected chi connectivity index (χ0v) is 15.7. The van der Waals surface area contributed by atoms with Crippen molar-refractivity contribution in [1.82, 2.24) is 14.9 Å². The minimum Gasteiger partial charge on any atom is -0.376 e. The van der Waals surface area contributed by atoms with Gasteiger partial charge in [-0.2, -0.15) is 0 Å². The molecule has 1 aromatic heterocycles. The van der Waals surface area contributed by atoms with Crippen LogP contribution in [0.4, 0.5) is 0 Å². The standard InChI is InChI=1S/C22H27N3O/c1-5-7-8-9-21-24-20(19-12-10-17(3)11-13-19)15-22(26)25(21)16-18(4)23-14-6-2/h2,10-13,15,23H,4-5,7-9,14,16H2,1,3H3. The van der Waals surface area contributed by atoms with E-state index in [4.69, 9.17) is 11.4 Å². The number of terminal acetylenes is 1. The second-order valence-corrected chi connectivity index (χ2v) is 6.47. The third-order valence-corrected chi connectivity index (χ3v) is 4.23. The summed E-state index contributed by atoms with van der Waals surface area (Å²) in [6.07, 6.45) is 9.28. The zero-order chi connectivity index (χ0) is 18.9. The van der Waals surface area contributed by atoms with Gasteiger partial charge in [0.2, 0.25) is 0 Å². The maximum Gasteiger partial charge on any atom is 0.254 e. The maximum absolute atomic E-state index is 12.8. The second kappa shape index (κ2) is 9.62. The second-order valence-electron chi connectivity index (χ2n) is 6.47. The quantitative estimate of drug-likeness (QED) is 0.555. The summed E-state index contributed by atoms with van der Waals surface area (Å²) >= 11 is 0. The average molecular weight is 349 g/mol. The molecule has 0 bridgehead atoms. The number of benzene rings is 1. The smallest absolute Gasteiger partial charge is 0.254 e. The first-order valence-corrected chi connectivity index (χ1v) is 9.08. The Labute approximate surface area is 156 Å². The molecule has 4 heteroatoms. The third kappa shape index (κ3) is 5.35. The highest BCUT2D eigenvalue weighted by molar-refractivity contribution is 5.59. The highest BCUT2D eigenvalue weighted by atomic mass is 16.1. The molecule has 0 amide bonds. The molecule has 0 aliphatic heterocycles. The summed E-state index contributed by atoms with van der Waals surface area (Å²) in [5.74, 6) is 3.31. The van der Waals surface area contributed by atoms with Crippen molar-refractivity contribution >= 4 is 0 Å². The molecule has 0 atom stereocenters. The summed E-state index contributed by atoms with van der Waals surface area (Å²) in [4.78, 5) is 17.5. The van der Waals surface area contributed by atoms with Gasteiger partial charge in [-0.05, 0) is 13.3 Å². The van der Waals surface area contributed by atoms with Crippen LogP contribution in [-0.4, -0.2) is 16.1 Å². The van der Waals surface area contributed by atoms with E-state index < -0.39 is 0 Å². The van der Waals surface area contributed by atoms with Crippen molar-refractivity contribution in [2.24, 2.45) is 0 Å².